The van der Waals surface area contributed by atoms with Crippen molar-refractivity contribution in [1.82, 2.24) is 0 Å². The first-order valence-electron chi connectivity index (χ1n) is 8.22. The minimum atomic E-state index is -0.434. The van der Waals surface area contributed by atoms with Crippen LogP contribution in [0.2, 0.25) is 0 Å². The van der Waals surface area contributed by atoms with Crippen molar-refractivity contribution in [2.45, 2.75) is 53.5 Å². The van der Waals surface area contributed by atoms with Crippen LogP contribution in [0.25, 0.3) is 10.8 Å². The van der Waals surface area contributed by atoms with Crippen molar-refractivity contribution < 1.29 is 6.22 Å². The molecule has 0 spiro atoms. The Hall–Kier alpha value is -1.67. The van der Waals surface area contributed by atoms with E-state index in [1.807, 2.05) is 52.8 Å². The molecule has 122 valence electrons. The molecule has 0 fully saturated rings. The molecule has 0 heterocycles. The van der Waals surface area contributed by atoms with Crippen LogP contribution in [0.4, 0.5) is 0 Å². The summed E-state index contributed by atoms with van der Waals surface area (Å²) in [5.41, 5.74) is 6.96. The minimum absolute atomic E-state index is 0. The fourth-order valence-corrected chi connectivity index (χ4v) is 2.48. The quantitative estimate of drug-likeness (QED) is 0.845. The number of nitrogens with two attached hydrogens (primary N) is 1. The fourth-order valence-electron chi connectivity index (χ4n) is 2.48. The number of carbonyl (C=O) groups is 1. The number of carbonyl (C=O) groups excluding carboxylic acids is 1. The molecule has 2 heteroatoms. The van der Waals surface area contributed by atoms with E-state index in [2.05, 4.69) is 24.3 Å². The average Bonchev–Trinajstić information content (AvgIpc) is 2.56. The Morgan fingerprint density at radius 2 is 1.73 bits per heavy atom. The van der Waals surface area contributed by atoms with Gasteiger partial charge >= 0.3 is 0 Å². The van der Waals surface area contributed by atoms with E-state index in [4.69, 9.17) is 5.73 Å². The van der Waals surface area contributed by atoms with Crippen LogP contribution in [0.1, 0.15) is 48.0 Å². The normalized spacial score (nSPS) is 12.5. The van der Waals surface area contributed by atoms with Crippen LogP contribution in [0, 0.1) is 5.41 Å². The molecule has 0 saturated heterocycles. The zero-order valence-corrected chi connectivity index (χ0v) is 14.5. The van der Waals surface area contributed by atoms with Gasteiger partial charge < -0.3 is 5.73 Å². The van der Waals surface area contributed by atoms with Crippen molar-refractivity contribution in [3.05, 3.63) is 48.0 Å². The molecule has 2 nitrogen and oxygen atoms in total. The molecule has 0 aliphatic heterocycles. The molecule has 0 amide bonds. The molecule has 2 aromatic rings. The highest BCUT2D eigenvalue weighted by molar-refractivity contribution is 5.91. The summed E-state index contributed by atoms with van der Waals surface area (Å²) >= 11 is 0. The third-order valence-electron chi connectivity index (χ3n) is 4.21. The first-order valence-corrected chi connectivity index (χ1v) is 8.22. The van der Waals surface area contributed by atoms with Gasteiger partial charge in [0.25, 0.3) is 0 Å². The van der Waals surface area contributed by atoms with E-state index in [9.17, 15) is 4.79 Å². The van der Waals surface area contributed by atoms with E-state index in [1.54, 1.807) is 0 Å². The Bertz CT molecular complexity index is 617. The van der Waals surface area contributed by atoms with Crippen LogP contribution in [0.5, 0.6) is 0 Å². The molecule has 0 radical (unpaired) electrons. The Balaban J connectivity index is 0.00000155. The van der Waals surface area contributed by atoms with Gasteiger partial charge in [-0.25, -0.2) is 0 Å². The number of rotatable bonds is 5. The number of ketones is 1. The lowest BCUT2D eigenvalue weighted by Crippen LogP contribution is -2.41. The van der Waals surface area contributed by atoms with Gasteiger partial charge in [0.15, 0.2) is 5.78 Å². The van der Waals surface area contributed by atoms with Gasteiger partial charge in [0, 0.05) is 6.84 Å². The van der Waals surface area contributed by atoms with Crippen LogP contribution in [-0.2, 0) is 11.2 Å². The zero-order valence-electron chi connectivity index (χ0n) is 14.5. The molecule has 0 aliphatic carbocycles. The predicted octanol–water partition coefficient (Wildman–Crippen LogP) is 4.99. The number of Topliss-reactive ketones (excluding diaryl/α,β-unsaturated/α-hetero) is 1. The van der Waals surface area contributed by atoms with Crippen molar-refractivity contribution in [2.24, 2.45) is 11.1 Å². The SMILES string of the molecule is CC.CCC(C)(C)C(=O)[C@@H](N)Cc1cccc2ccccc12.[HH]. The maximum absolute atomic E-state index is 12.4. The molecular formula is C20H31NO. The fraction of sp³-hybridized carbons (Fsp3) is 0.450. The minimum Gasteiger partial charge on any atom is -0.321 e. The number of fused-ring (bicyclic) bond motifs is 1. The number of benzene rings is 2. The first kappa shape index (κ1) is 18.4. The third kappa shape index (κ3) is 4.17. The second-order valence-corrected chi connectivity index (χ2v) is 6.05. The van der Waals surface area contributed by atoms with Gasteiger partial charge in [0.05, 0.1) is 6.04 Å². The Morgan fingerprint density at radius 3 is 2.36 bits per heavy atom. The van der Waals surface area contributed by atoms with E-state index in [-0.39, 0.29) is 12.6 Å². The molecular weight excluding hydrogens is 270 g/mol. The summed E-state index contributed by atoms with van der Waals surface area (Å²) in [6.45, 7) is 9.97. The molecule has 0 unspecified atom stereocenters. The molecule has 1 atom stereocenters. The summed E-state index contributed by atoms with van der Waals surface area (Å²) in [4.78, 5) is 12.4. The molecule has 2 N–H and O–H groups in total. The maximum Gasteiger partial charge on any atom is 0.155 e. The number of hydrogen-bond donors (Lipinski definition) is 1. The molecule has 22 heavy (non-hydrogen) atoms. The summed E-state index contributed by atoms with van der Waals surface area (Å²) in [6.07, 6.45) is 1.42. The van der Waals surface area contributed by atoms with Crippen molar-refractivity contribution >= 4 is 16.6 Å². The second kappa shape index (κ2) is 8.09. The third-order valence-corrected chi connectivity index (χ3v) is 4.21. The van der Waals surface area contributed by atoms with E-state index < -0.39 is 6.04 Å². The largest absolute Gasteiger partial charge is 0.321 e. The average molecular weight is 301 g/mol. The van der Waals surface area contributed by atoms with Crippen LogP contribution in [0.3, 0.4) is 0 Å². The van der Waals surface area contributed by atoms with Crippen LogP contribution < -0.4 is 5.73 Å². The summed E-state index contributed by atoms with van der Waals surface area (Å²) in [5, 5.41) is 2.38. The van der Waals surface area contributed by atoms with Gasteiger partial charge in [-0.1, -0.05) is 77.1 Å². The molecule has 0 aromatic heterocycles. The lowest BCUT2D eigenvalue weighted by atomic mass is 9.80. The van der Waals surface area contributed by atoms with Gasteiger partial charge in [0.2, 0.25) is 0 Å². The van der Waals surface area contributed by atoms with Gasteiger partial charge in [-0.2, -0.15) is 0 Å². The Kier molecular flexibility index (Phi) is 6.76. The topological polar surface area (TPSA) is 43.1 Å². The number of hydrogen-bond acceptors (Lipinski definition) is 2. The molecule has 2 rings (SSSR count). The van der Waals surface area contributed by atoms with Gasteiger partial charge in [-0.05, 0) is 29.2 Å². The highest BCUT2D eigenvalue weighted by Gasteiger charge is 2.30. The Morgan fingerprint density at radius 1 is 1.14 bits per heavy atom. The van der Waals surface area contributed by atoms with Crippen molar-refractivity contribution in [3.8, 4) is 0 Å². The van der Waals surface area contributed by atoms with Crippen molar-refractivity contribution in [2.75, 3.05) is 0 Å². The highest BCUT2D eigenvalue weighted by Crippen LogP contribution is 2.25. The second-order valence-electron chi connectivity index (χ2n) is 6.05. The lowest BCUT2D eigenvalue weighted by Gasteiger charge is -2.25. The van der Waals surface area contributed by atoms with Crippen LogP contribution in [-0.4, -0.2) is 11.8 Å². The van der Waals surface area contributed by atoms with Gasteiger partial charge in [0.1, 0.15) is 0 Å². The lowest BCUT2D eigenvalue weighted by molar-refractivity contribution is -0.128. The monoisotopic (exact) mass is 301 g/mol. The Labute approximate surface area is 136 Å². The van der Waals surface area contributed by atoms with Gasteiger partial charge in [-0.15, -0.1) is 0 Å². The van der Waals surface area contributed by atoms with Crippen LogP contribution in [0.15, 0.2) is 42.5 Å². The maximum atomic E-state index is 12.4. The summed E-state index contributed by atoms with van der Waals surface area (Å²) in [6, 6.07) is 14.0. The molecule has 0 bridgehead atoms. The first-order chi connectivity index (χ1) is 10.5. The summed E-state index contributed by atoms with van der Waals surface area (Å²) < 4.78 is 0. The van der Waals surface area contributed by atoms with E-state index in [0.717, 1.165) is 12.0 Å². The zero-order chi connectivity index (χ0) is 16.8. The molecule has 2 aromatic carbocycles. The standard InChI is InChI=1S/C18H23NO.C2H6.H2/c1-4-18(2,3)17(20)16(19)12-14-10-7-9-13-8-5-6-11-15(13)14;1-2;/h5-11,16H,4,12,19H2,1-3H3;1-2H3;1H/t16-;;/m0../s1. The summed E-state index contributed by atoms with van der Waals surface area (Å²) in [5.74, 6) is 0.146. The smallest absolute Gasteiger partial charge is 0.155 e. The molecule has 0 aliphatic rings. The van der Waals surface area contributed by atoms with Crippen LogP contribution >= 0.6 is 0 Å². The van der Waals surface area contributed by atoms with E-state index in [1.165, 1.54) is 10.8 Å². The van der Waals surface area contributed by atoms with Gasteiger partial charge in [-0.3, -0.25) is 4.79 Å². The van der Waals surface area contributed by atoms with Crippen molar-refractivity contribution in [1.29, 1.82) is 0 Å². The molecule has 0 saturated carbocycles. The predicted molar refractivity (Wildman–Crippen MR) is 98.2 cm³/mol. The van der Waals surface area contributed by atoms with E-state index >= 15 is 0 Å². The van der Waals surface area contributed by atoms with E-state index in [0.29, 0.717) is 6.42 Å². The highest BCUT2D eigenvalue weighted by atomic mass is 16.1. The van der Waals surface area contributed by atoms with Crippen molar-refractivity contribution in [3.63, 3.8) is 0 Å². The summed E-state index contributed by atoms with van der Waals surface area (Å²) in [7, 11) is 0.